The molecule has 1 aromatic carbocycles. The molecule has 1 fully saturated rings. The summed E-state index contributed by atoms with van der Waals surface area (Å²) in [5, 5.41) is 5.56. The normalized spacial score (nSPS) is 19.8. The molecule has 0 saturated carbocycles. The zero-order valence-corrected chi connectivity index (χ0v) is 13.5. The Bertz CT molecular complexity index is 844. The molecule has 0 bridgehead atoms. The molecule has 0 radical (unpaired) electrons. The van der Waals surface area contributed by atoms with Gasteiger partial charge in [0, 0.05) is 24.2 Å². The van der Waals surface area contributed by atoms with E-state index in [2.05, 4.69) is 10.6 Å². The SMILES string of the molecule is O=C1CCC(N2Cc3cc(NCc4ccco4)ccc3C2=O)C(=O)N1. The highest BCUT2D eigenvalue weighted by Crippen LogP contribution is 2.29. The molecule has 2 aliphatic rings. The molecule has 1 aromatic heterocycles. The van der Waals surface area contributed by atoms with Crippen LogP contribution in [-0.2, 0) is 22.7 Å². The molecular weight excluding hydrogens is 322 g/mol. The molecule has 128 valence electrons. The highest BCUT2D eigenvalue weighted by Gasteiger charge is 2.39. The Morgan fingerprint density at radius 2 is 2.12 bits per heavy atom. The number of benzene rings is 1. The number of furan rings is 1. The van der Waals surface area contributed by atoms with Crippen LogP contribution in [0.1, 0.15) is 34.5 Å². The molecular formula is C18H17N3O4. The van der Waals surface area contributed by atoms with Crippen molar-refractivity contribution in [3.63, 3.8) is 0 Å². The monoisotopic (exact) mass is 339 g/mol. The number of piperidine rings is 1. The van der Waals surface area contributed by atoms with Crippen molar-refractivity contribution in [3.8, 4) is 0 Å². The van der Waals surface area contributed by atoms with E-state index >= 15 is 0 Å². The molecule has 7 heteroatoms. The maximum Gasteiger partial charge on any atom is 0.255 e. The van der Waals surface area contributed by atoms with Crippen LogP contribution in [0.2, 0.25) is 0 Å². The minimum absolute atomic E-state index is 0.165. The second-order valence-electron chi connectivity index (χ2n) is 6.20. The zero-order valence-electron chi connectivity index (χ0n) is 13.5. The quantitative estimate of drug-likeness (QED) is 0.827. The Morgan fingerprint density at radius 1 is 1.24 bits per heavy atom. The van der Waals surface area contributed by atoms with E-state index in [0.29, 0.717) is 25.1 Å². The topological polar surface area (TPSA) is 91.7 Å². The average Bonchev–Trinajstić information content (AvgIpc) is 3.21. The summed E-state index contributed by atoms with van der Waals surface area (Å²) in [4.78, 5) is 37.5. The van der Waals surface area contributed by atoms with Gasteiger partial charge in [0.05, 0.1) is 12.8 Å². The molecule has 2 N–H and O–H groups in total. The predicted octanol–water partition coefficient (Wildman–Crippen LogP) is 1.65. The summed E-state index contributed by atoms with van der Waals surface area (Å²) in [5.74, 6) is -0.0211. The van der Waals surface area contributed by atoms with Crippen molar-refractivity contribution in [1.29, 1.82) is 0 Å². The molecule has 1 atom stereocenters. The summed E-state index contributed by atoms with van der Waals surface area (Å²) in [6, 6.07) is 8.66. The molecule has 25 heavy (non-hydrogen) atoms. The lowest BCUT2D eigenvalue weighted by atomic mass is 10.0. The van der Waals surface area contributed by atoms with E-state index in [-0.39, 0.29) is 18.2 Å². The van der Waals surface area contributed by atoms with Crippen molar-refractivity contribution in [2.45, 2.75) is 32.0 Å². The van der Waals surface area contributed by atoms with Crippen molar-refractivity contribution in [3.05, 3.63) is 53.5 Å². The van der Waals surface area contributed by atoms with Crippen molar-refractivity contribution in [2.24, 2.45) is 0 Å². The van der Waals surface area contributed by atoms with E-state index in [1.165, 1.54) is 0 Å². The smallest absolute Gasteiger partial charge is 0.255 e. The largest absolute Gasteiger partial charge is 0.467 e. The molecule has 3 amide bonds. The number of nitrogens with one attached hydrogen (secondary N) is 2. The number of imide groups is 1. The van der Waals surface area contributed by atoms with E-state index in [1.54, 1.807) is 17.2 Å². The highest BCUT2D eigenvalue weighted by molar-refractivity contribution is 6.05. The summed E-state index contributed by atoms with van der Waals surface area (Å²) >= 11 is 0. The third kappa shape index (κ3) is 2.88. The van der Waals surface area contributed by atoms with Crippen LogP contribution >= 0.6 is 0 Å². The van der Waals surface area contributed by atoms with Crippen molar-refractivity contribution in [2.75, 3.05) is 5.32 Å². The number of nitrogens with zero attached hydrogens (tertiary/aromatic N) is 1. The second kappa shape index (κ2) is 6.08. The number of hydrogen-bond donors (Lipinski definition) is 2. The van der Waals surface area contributed by atoms with Gasteiger partial charge in [0.2, 0.25) is 11.8 Å². The van der Waals surface area contributed by atoms with E-state index < -0.39 is 11.9 Å². The van der Waals surface area contributed by atoms with Gasteiger partial charge in [-0.05, 0) is 42.3 Å². The van der Waals surface area contributed by atoms with Gasteiger partial charge in [0.1, 0.15) is 11.8 Å². The number of hydrogen-bond acceptors (Lipinski definition) is 5. The van der Waals surface area contributed by atoms with Gasteiger partial charge in [-0.15, -0.1) is 0 Å². The van der Waals surface area contributed by atoms with Gasteiger partial charge >= 0.3 is 0 Å². The Balaban J connectivity index is 1.49. The number of anilines is 1. The molecule has 2 aromatic rings. The molecule has 0 aliphatic carbocycles. The molecule has 1 saturated heterocycles. The first-order chi connectivity index (χ1) is 12.1. The second-order valence-corrected chi connectivity index (χ2v) is 6.20. The average molecular weight is 339 g/mol. The van der Waals surface area contributed by atoms with Crippen LogP contribution in [0.3, 0.4) is 0 Å². The van der Waals surface area contributed by atoms with E-state index in [9.17, 15) is 14.4 Å². The lowest BCUT2D eigenvalue weighted by Crippen LogP contribution is -2.52. The van der Waals surface area contributed by atoms with Crippen LogP contribution in [0.4, 0.5) is 5.69 Å². The maximum absolute atomic E-state index is 12.6. The van der Waals surface area contributed by atoms with Gasteiger partial charge in [-0.2, -0.15) is 0 Å². The maximum atomic E-state index is 12.6. The number of fused-ring (bicyclic) bond motifs is 1. The van der Waals surface area contributed by atoms with Crippen LogP contribution in [0.25, 0.3) is 0 Å². The molecule has 7 nitrogen and oxygen atoms in total. The molecule has 2 aliphatic heterocycles. The summed E-state index contributed by atoms with van der Waals surface area (Å²) in [7, 11) is 0. The fraction of sp³-hybridized carbons (Fsp3) is 0.278. The minimum Gasteiger partial charge on any atom is -0.467 e. The molecule has 3 heterocycles. The Hall–Kier alpha value is -3.09. The third-order valence-electron chi connectivity index (χ3n) is 4.57. The standard InChI is InChI=1S/C18H17N3O4/c22-16-6-5-15(17(23)20-16)21-10-11-8-12(3-4-14(11)18(21)24)19-9-13-2-1-7-25-13/h1-4,7-8,15,19H,5-6,9-10H2,(H,20,22,23). The summed E-state index contributed by atoms with van der Waals surface area (Å²) in [6.45, 7) is 0.924. The van der Waals surface area contributed by atoms with Gasteiger partial charge in [0.25, 0.3) is 5.91 Å². The van der Waals surface area contributed by atoms with Crippen LogP contribution in [0.5, 0.6) is 0 Å². The Morgan fingerprint density at radius 3 is 2.88 bits per heavy atom. The number of amides is 3. The first kappa shape index (κ1) is 15.4. The third-order valence-corrected chi connectivity index (χ3v) is 4.57. The predicted molar refractivity (Wildman–Crippen MR) is 88.5 cm³/mol. The van der Waals surface area contributed by atoms with Gasteiger partial charge in [-0.25, -0.2) is 0 Å². The van der Waals surface area contributed by atoms with Crippen molar-refractivity contribution in [1.82, 2.24) is 10.2 Å². The number of carbonyl (C=O) groups excluding carboxylic acids is 3. The fourth-order valence-electron chi connectivity index (χ4n) is 3.29. The van der Waals surface area contributed by atoms with Gasteiger partial charge < -0.3 is 14.6 Å². The number of carbonyl (C=O) groups is 3. The Labute approximate surface area is 144 Å². The van der Waals surface area contributed by atoms with Crippen LogP contribution < -0.4 is 10.6 Å². The fourth-order valence-corrected chi connectivity index (χ4v) is 3.29. The lowest BCUT2D eigenvalue weighted by molar-refractivity contribution is -0.136. The van der Waals surface area contributed by atoms with Crippen LogP contribution in [0, 0.1) is 0 Å². The van der Waals surface area contributed by atoms with E-state index in [0.717, 1.165) is 17.0 Å². The van der Waals surface area contributed by atoms with Gasteiger partial charge in [-0.1, -0.05) is 0 Å². The van der Waals surface area contributed by atoms with E-state index in [4.69, 9.17) is 4.42 Å². The summed E-state index contributed by atoms with van der Waals surface area (Å²) < 4.78 is 5.28. The van der Waals surface area contributed by atoms with Gasteiger partial charge in [-0.3, -0.25) is 19.7 Å². The highest BCUT2D eigenvalue weighted by atomic mass is 16.3. The van der Waals surface area contributed by atoms with E-state index in [1.807, 2.05) is 24.3 Å². The summed E-state index contributed by atoms with van der Waals surface area (Å²) in [6.07, 6.45) is 2.25. The summed E-state index contributed by atoms with van der Waals surface area (Å²) in [5.41, 5.74) is 2.36. The van der Waals surface area contributed by atoms with Crippen LogP contribution in [-0.4, -0.2) is 28.7 Å². The minimum atomic E-state index is -0.586. The first-order valence-electron chi connectivity index (χ1n) is 8.15. The Kier molecular flexibility index (Phi) is 3.76. The van der Waals surface area contributed by atoms with Crippen molar-refractivity contribution >= 4 is 23.4 Å². The molecule has 4 rings (SSSR count). The van der Waals surface area contributed by atoms with Crippen LogP contribution in [0.15, 0.2) is 41.0 Å². The van der Waals surface area contributed by atoms with Gasteiger partial charge in [0.15, 0.2) is 0 Å². The lowest BCUT2D eigenvalue weighted by Gasteiger charge is -2.29. The first-order valence-corrected chi connectivity index (χ1v) is 8.15. The molecule has 0 spiro atoms. The number of rotatable bonds is 4. The molecule has 1 unspecified atom stereocenters. The van der Waals surface area contributed by atoms with Crippen molar-refractivity contribution < 1.29 is 18.8 Å². The zero-order chi connectivity index (χ0) is 17.4.